The summed E-state index contributed by atoms with van der Waals surface area (Å²) in [6.07, 6.45) is 1.59. The minimum atomic E-state index is -3.58. The van der Waals surface area contributed by atoms with Crippen molar-refractivity contribution in [3.05, 3.63) is 23.2 Å². The molecule has 1 spiro atoms. The van der Waals surface area contributed by atoms with E-state index in [9.17, 15) is 13.2 Å². The van der Waals surface area contributed by atoms with Crippen molar-refractivity contribution in [3.8, 4) is 0 Å². The van der Waals surface area contributed by atoms with Gasteiger partial charge >= 0.3 is 0 Å². The van der Waals surface area contributed by atoms with E-state index < -0.39 is 20.5 Å². The summed E-state index contributed by atoms with van der Waals surface area (Å²) in [5.74, 6) is -0.418. The molecule has 6 heteroatoms. The third kappa shape index (κ3) is 1.24. The van der Waals surface area contributed by atoms with Gasteiger partial charge < -0.3 is 5.32 Å². The molecule has 2 aliphatic rings. The fourth-order valence-corrected chi connectivity index (χ4v) is 4.76. The number of sulfone groups is 1. The first-order valence-corrected chi connectivity index (χ1v) is 7.19. The Balaban J connectivity index is 2.27. The minimum Gasteiger partial charge on any atom is -0.323 e. The van der Waals surface area contributed by atoms with Gasteiger partial charge in [0.1, 0.15) is 0 Å². The third-order valence-electron chi connectivity index (χ3n) is 3.57. The van der Waals surface area contributed by atoms with Crippen LogP contribution in [0.3, 0.4) is 0 Å². The van der Waals surface area contributed by atoms with Crippen molar-refractivity contribution in [2.24, 2.45) is 0 Å². The first-order valence-electron chi connectivity index (χ1n) is 5.33. The van der Waals surface area contributed by atoms with Crippen LogP contribution in [-0.2, 0) is 14.6 Å². The van der Waals surface area contributed by atoms with E-state index >= 15 is 0 Å². The third-order valence-corrected chi connectivity index (χ3v) is 6.36. The number of halogens is 1. The Labute approximate surface area is 104 Å². The number of nitrogens with one attached hydrogen (secondary N) is 1. The average Bonchev–Trinajstić information content (AvgIpc) is 2.12. The highest BCUT2D eigenvalue weighted by atomic mass is 35.5. The zero-order valence-electron chi connectivity index (χ0n) is 8.86. The van der Waals surface area contributed by atoms with Crippen LogP contribution in [-0.4, -0.2) is 19.1 Å². The van der Waals surface area contributed by atoms with E-state index in [2.05, 4.69) is 5.32 Å². The summed E-state index contributed by atoms with van der Waals surface area (Å²) < 4.78 is 23.6. The van der Waals surface area contributed by atoms with E-state index in [-0.39, 0.29) is 4.90 Å². The van der Waals surface area contributed by atoms with Gasteiger partial charge in [0.2, 0.25) is 5.91 Å². The number of anilines is 1. The molecule has 0 unspecified atom stereocenters. The summed E-state index contributed by atoms with van der Waals surface area (Å²) in [7, 11) is -3.58. The summed E-state index contributed by atoms with van der Waals surface area (Å²) in [6.45, 7) is 0. The maximum absolute atomic E-state index is 12.4. The second-order valence-electron chi connectivity index (χ2n) is 4.45. The first kappa shape index (κ1) is 11.0. The number of rotatable bonds is 0. The van der Waals surface area contributed by atoms with Crippen LogP contribution in [0.25, 0.3) is 0 Å². The second kappa shape index (κ2) is 3.23. The summed E-state index contributed by atoms with van der Waals surface area (Å²) in [6, 6.07) is 4.46. The molecular formula is C11H10ClNO3S. The highest BCUT2D eigenvalue weighted by Crippen LogP contribution is 2.48. The highest BCUT2D eigenvalue weighted by molar-refractivity contribution is 7.94. The molecule has 1 heterocycles. The van der Waals surface area contributed by atoms with Gasteiger partial charge in [-0.3, -0.25) is 4.79 Å². The van der Waals surface area contributed by atoms with E-state index in [1.807, 2.05) is 0 Å². The Morgan fingerprint density at radius 1 is 1.29 bits per heavy atom. The molecule has 0 bridgehead atoms. The van der Waals surface area contributed by atoms with Gasteiger partial charge in [-0.2, -0.15) is 0 Å². The maximum Gasteiger partial charge on any atom is 0.246 e. The lowest BCUT2D eigenvalue weighted by Crippen LogP contribution is -2.57. The largest absolute Gasteiger partial charge is 0.323 e. The van der Waals surface area contributed by atoms with Gasteiger partial charge in [0.05, 0.1) is 10.6 Å². The lowest BCUT2D eigenvalue weighted by Gasteiger charge is -2.42. The monoisotopic (exact) mass is 271 g/mol. The average molecular weight is 272 g/mol. The van der Waals surface area contributed by atoms with Gasteiger partial charge in [-0.25, -0.2) is 8.42 Å². The molecule has 90 valence electrons. The van der Waals surface area contributed by atoms with Crippen LogP contribution in [0.4, 0.5) is 5.69 Å². The van der Waals surface area contributed by atoms with E-state index in [0.29, 0.717) is 23.6 Å². The topological polar surface area (TPSA) is 63.2 Å². The van der Waals surface area contributed by atoms with Crippen molar-refractivity contribution < 1.29 is 13.2 Å². The molecular weight excluding hydrogens is 262 g/mol. The Hall–Kier alpha value is -1.07. The zero-order chi connectivity index (χ0) is 12.3. The van der Waals surface area contributed by atoms with Crippen molar-refractivity contribution in [2.75, 3.05) is 5.32 Å². The second-order valence-corrected chi connectivity index (χ2v) is 7.11. The van der Waals surface area contributed by atoms with Gasteiger partial charge in [-0.15, -0.1) is 0 Å². The Morgan fingerprint density at radius 2 is 2.00 bits per heavy atom. The number of benzene rings is 1. The number of fused-ring (bicyclic) bond motifs is 1. The maximum atomic E-state index is 12.4. The molecule has 0 radical (unpaired) electrons. The molecule has 1 aromatic rings. The van der Waals surface area contributed by atoms with Crippen LogP contribution in [0.5, 0.6) is 0 Å². The molecule has 0 saturated heterocycles. The van der Waals surface area contributed by atoms with Crippen molar-refractivity contribution in [3.63, 3.8) is 0 Å². The number of carbonyl (C=O) groups is 1. The normalized spacial score (nSPS) is 23.7. The molecule has 4 nitrogen and oxygen atoms in total. The Kier molecular flexibility index (Phi) is 2.10. The van der Waals surface area contributed by atoms with Gasteiger partial charge in [0.15, 0.2) is 14.6 Å². The fourth-order valence-electron chi connectivity index (χ4n) is 2.40. The minimum absolute atomic E-state index is 0.182. The molecule has 1 fully saturated rings. The SMILES string of the molecule is O=C1Nc2cc(Cl)ccc2S(=O)(=O)C12CCC2. The molecule has 1 aliphatic carbocycles. The molecule has 3 rings (SSSR count). The van der Waals surface area contributed by atoms with Crippen LogP contribution in [0.1, 0.15) is 19.3 Å². The lowest BCUT2D eigenvalue weighted by molar-refractivity contribution is -0.120. The van der Waals surface area contributed by atoms with Crippen LogP contribution >= 0.6 is 11.6 Å². The molecule has 0 atom stereocenters. The van der Waals surface area contributed by atoms with Gasteiger partial charge in [-0.05, 0) is 37.5 Å². The summed E-state index contributed by atoms with van der Waals surface area (Å²) >= 11 is 5.79. The molecule has 1 aromatic carbocycles. The fraction of sp³-hybridized carbons (Fsp3) is 0.364. The highest BCUT2D eigenvalue weighted by Gasteiger charge is 2.58. The van der Waals surface area contributed by atoms with Gasteiger partial charge in [-0.1, -0.05) is 11.6 Å². The lowest BCUT2D eigenvalue weighted by atomic mass is 9.83. The zero-order valence-corrected chi connectivity index (χ0v) is 10.4. The van der Waals surface area contributed by atoms with Gasteiger partial charge in [0, 0.05) is 5.02 Å². The van der Waals surface area contributed by atoms with Crippen LogP contribution in [0.2, 0.25) is 5.02 Å². The summed E-state index contributed by atoms with van der Waals surface area (Å²) in [5, 5.41) is 3.05. The molecule has 0 aromatic heterocycles. The number of hydrogen-bond donors (Lipinski definition) is 1. The van der Waals surface area contributed by atoms with Crippen molar-refractivity contribution in [1.29, 1.82) is 0 Å². The Bertz CT molecular complexity index is 620. The molecule has 1 aliphatic heterocycles. The van der Waals surface area contributed by atoms with E-state index in [4.69, 9.17) is 11.6 Å². The van der Waals surface area contributed by atoms with Crippen molar-refractivity contribution >= 4 is 33.0 Å². The Morgan fingerprint density at radius 3 is 2.59 bits per heavy atom. The predicted octanol–water partition coefficient (Wildman–Crippen LogP) is 1.99. The van der Waals surface area contributed by atoms with E-state index in [1.165, 1.54) is 18.2 Å². The molecule has 1 N–H and O–H groups in total. The number of hydrogen-bond acceptors (Lipinski definition) is 3. The molecule has 17 heavy (non-hydrogen) atoms. The van der Waals surface area contributed by atoms with Gasteiger partial charge in [0.25, 0.3) is 0 Å². The van der Waals surface area contributed by atoms with Crippen molar-refractivity contribution in [2.45, 2.75) is 28.9 Å². The quantitative estimate of drug-likeness (QED) is 0.785. The molecule has 1 saturated carbocycles. The summed E-state index contributed by atoms with van der Waals surface area (Å²) in [5.41, 5.74) is 0.292. The number of amides is 1. The van der Waals surface area contributed by atoms with Crippen LogP contribution in [0.15, 0.2) is 23.1 Å². The number of carbonyl (C=O) groups excluding carboxylic acids is 1. The van der Waals surface area contributed by atoms with Crippen LogP contribution in [0, 0.1) is 0 Å². The predicted molar refractivity (Wildman–Crippen MR) is 63.8 cm³/mol. The standard InChI is InChI=1S/C11H10ClNO3S/c12-7-2-3-9-8(6-7)13-10(14)11(4-1-5-11)17(9,15)16/h2-3,6H,1,4-5H2,(H,13,14). The van der Waals surface area contributed by atoms with Crippen molar-refractivity contribution in [1.82, 2.24) is 0 Å². The van der Waals surface area contributed by atoms with E-state index in [0.717, 1.165) is 6.42 Å². The molecule has 1 amide bonds. The first-order chi connectivity index (χ1) is 7.97. The smallest absolute Gasteiger partial charge is 0.246 e. The van der Waals surface area contributed by atoms with Crippen LogP contribution < -0.4 is 5.32 Å². The summed E-state index contributed by atoms with van der Waals surface area (Å²) in [4.78, 5) is 12.1. The van der Waals surface area contributed by atoms with E-state index in [1.54, 1.807) is 0 Å².